The number of likely N-dealkylation sites (N-methyl/N-ethyl adjacent to an activating group) is 1. The second-order valence-electron chi connectivity index (χ2n) is 4.14. The van der Waals surface area contributed by atoms with Crippen LogP contribution in [0.5, 0.6) is 0 Å². The molecule has 5 nitrogen and oxygen atoms in total. The number of nitrogens with two attached hydrogens (primary N) is 1. The Kier molecular flexibility index (Phi) is 5.75. The fraction of sp³-hybridized carbons (Fsp3) is 0.286. The van der Waals surface area contributed by atoms with Crippen molar-refractivity contribution in [1.29, 1.82) is 0 Å². The van der Waals surface area contributed by atoms with E-state index in [0.717, 1.165) is 17.2 Å². The third-order valence-corrected chi connectivity index (χ3v) is 2.68. The Morgan fingerprint density at radius 2 is 2.05 bits per heavy atom. The minimum absolute atomic E-state index is 0.188. The maximum Gasteiger partial charge on any atom is 0.328 e. The number of primary amides is 1. The van der Waals surface area contributed by atoms with Gasteiger partial charge in [0.05, 0.1) is 6.54 Å². The number of carboxylic acid groups (broad SMARTS) is 1. The second kappa shape index (κ2) is 7.33. The third-order valence-electron chi connectivity index (χ3n) is 2.68. The highest BCUT2D eigenvalue weighted by molar-refractivity contribution is 5.85. The van der Waals surface area contributed by atoms with Crippen LogP contribution in [0.4, 0.5) is 0 Å². The second-order valence-corrected chi connectivity index (χ2v) is 4.14. The molecule has 0 saturated heterocycles. The van der Waals surface area contributed by atoms with E-state index in [2.05, 4.69) is 0 Å². The zero-order valence-electron chi connectivity index (χ0n) is 10.9. The van der Waals surface area contributed by atoms with Crippen molar-refractivity contribution in [2.24, 2.45) is 5.73 Å². The Balaban J connectivity index is 2.87. The molecule has 0 aliphatic heterocycles. The van der Waals surface area contributed by atoms with Gasteiger partial charge in [-0.25, -0.2) is 4.79 Å². The van der Waals surface area contributed by atoms with Gasteiger partial charge in [0.2, 0.25) is 5.91 Å². The largest absolute Gasteiger partial charge is 0.478 e. The minimum atomic E-state index is -0.987. The van der Waals surface area contributed by atoms with E-state index in [9.17, 15) is 9.59 Å². The van der Waals surface area contributed by atoms with Crippen LogP contribution in [-0.2, 0) is 16.1 Å². The van der Waals surface area contributed by atoms with Gasteiger partial charge in [-0.1, -0.05) is 31.2 Å². The SMILES string of the molecule is CCN(CC(N)=O)Cc1ccccc1/C=C/C(=O)O. The highest BCUT2D eigenvalue weighted by Gasteiger charge is 2.08. The molecule has 1 aromatic rings. The van der Waals surface area contributed by atoms with Crippen molar-refractivity contribution >= 4 is 18.0 Å². The average molecular weight is 262 g/mol. The van der Waals surface area contributed by atoms with E-state index in [1.165, 1.54) is 0 Å². The number of hydrogen-bond donors (Lipinski definition) is 2. The number of amides is 1. The zero-order chi connectivity index (χ0) is 14.3. The normalized spacial score (nSPS) is 11.1. The van der Waals surface area contributed by atoms with Gasteiger partial charge >= 0.3 is 5.97 Å². The van der Waals surface area contributed by atoms with Gasteiger partial charge in [0.25, 0.3) is 0 Å². The van der Waals surface area contributed by atoms with Gasteiger partial charge in [-0.15, -0.1) is 0 Å². The first-order valence-corrected chi connectivity index (χ1v) is 6.02. The minimum Gasteiger partial charge on any atom is -0.478 e. The Morgan fingerprint density at radius 3 is 2.63 bits per heavy atom. The summed E-state index contributed by atoms with van der Waals surface area (Å²) in [5, 5.41) is 8.65. The van der Waals surface area contributed by atoms with Gasteiger partial charge in [-0.05, 0) is 23.7 Å². The molecule has 0 aliphatic rings. The lowest BCUT2D eigenvalue weighted by molar-refractivity contribution is -0.131. The first-order chi connectivity index (χ1) is 9.02. The number of rotatable bonds is 7. The highest BCUT2D eigenvalue weighted by Crippen LogP contribution is 2.13. The van der Waals surface area contributed by atoms with Crippen molar-refractivity contribution in [3.8, 4) is 0 Å². The van der Waals surface area contributed by atoms with Gasteiger partial charge in [-0.2, -0.15) is 0 Å². The molecule has 1 aromatic carbocycles. The summed E-state index contributed by atoms with van der Waals surface area (Å²) in [6.07, 6.45) is 2.65. The lowest BCUT2D eigenvalue weighted by Crippen LogP contribution is -2.33. The first-order valence-electron chi connectivity index (χ1n) is 6.02. The Hall–Kier alpha value is -2.14. The molecule has 102 valence electrons. The van der Waals surface area contributed by atoms with E-state index in [-0.39, 0.29) is 12.5 Å². The summed E-state index contributed by atoms with van der Waals surface area (Å²) in [6, 6.07) is 7.47. The summed E-state index contributed by atoms with van der Waals surface area (Å²) in [4.78, 5) is 23.4. The van der Waals surface area contributed by atoms with Crippen LogP contribution in [0, 0.1) is 0 Å². The third kappa shape index (κ3) is 5.35. The van der Waals surface area contributed by atoms with Crippen molar-refractivity contribution in [3.63, 3.8) is 0 Å². The standard InChI is InChI=1S/C14H18N2O3/c1-2-16(10-13(15)17)9-12-6-4-3-5-11(12)7-8-14(18)19/h3-8H,2,9-10H2,1H3,(H2,15,17)(H,18,19)/b8-7+. The van der Waals surface area contributed by atoms with Gasteiger partial charge in [0.15, 0.2) is 0 Å². The molecule has 1 amide bonds. The Morgan fingerprint density at radius 1 is 1.37 bits per heavy atom. The smallest absolute Gasteiger partial charge is 0.328 e. The molecule has 0 aliphatic carbocycles. The summed E-state index contributed by atoms with van der Waals surface area (Å²) < 4.78 is 0. The molecule has 19 heavy (non-hydrogen) atoms. The lowest BCUT2D eigenvalue weighted by atomic mass is 10.1. The van der Waals surface area contributed by atoms with Crippen molar-refractivity contribution in [1.82, 2.24) is 4.90 Å². The molecule has 0 aromatic heterocycles. The molecular formula is C14H18N2O3. The fourth-order valence-corrected chi connectivity index (χ4v) is 1.74. The van der Waals surface area contributed by atoms with E-state index in [4.69, 9.17) is 10.8 Å². The average Bonchev–Trinajstić information content (AvgIpc) is 2.36. The van der Waals surface area contributed by atoms with Crippen molar-refractivity contribution in [3.05, 3.63) is 41.5 Å². The zero-order valence-corrected chi connectivity index (χ0v) is 10.9. The number of benzene rings is 1. The number of carbonyl (C=O) groups excluding carboxylic acids is 1. The lowest BCUT2D eigenvalue weighted by Gasteiger charge is -2.19. The van der Waals surface area contributed by atoms with Crippen LogP contribution in [0.3, 0.4) is 0 Å². The molecule has 5 heteroatoms. The van der Waals surface area contributed by atoms with E-state index < -0.39 is 5.97 Å². The van der Waals surface area contributed by atoms with E-state index in [1.54, 1.807) is 6.08 Å². The number of aliphatic carboxylic acids is 1. The number of hydrogen-bond acceptors (Lipinski definition) is 3. The molecule has 0 bridgehead atoms. The molecule has 0 atom stereocenters. The predicted molar refractivity (Wildman–Crippen MR) is 73.3 cm³/mol. The molecule has 3 N–H and O–H groups in total. The van der Waals surface area contributed by atoms with Crippen molar-refractivity contribution < 1.29 is 14.7 Å². The molecule has 0 heterocycles. The molecule has 0 radical (unpaired) electrons. The van der Waals surface area contributed by atoms with E-state index in [0.29, 0.717) is 13.1 Å². The quantitative estimate of drug-likeness (QED) is 0.720. The van der Waals surface area contributed by atoms with Crippen LogP contribution in [0.1, 0.15) is 18.1 Å². The summed E-state index contributed by atoms with van der Waals surface area (Å²) >= 11 is 0. The number of nitrogens with zero attached hydrogens (tertiary/aromatic N) is 1. The maximum atomic E-state index is 10.9. The number of carbonyl (C=O) groups is 2. The van der Waals surface area contributed by atoms with Crippen LogP contribution in [0.15, 0.2) is 30.3 Å². The summed E-state index contributed by atoms with van der Waals surface area (Å²) in [6.45, 7) is 3.38. The van der Waals surface area contributed by atoms with Crippen molar-refractivity contribution in [2.75, 3.05) is 13.1 Å². The summed E-state index contributed by atoms with van der Waals surface area (Å²) in [7, 11) is 0. The van der Waals surface area contributed by atoms with Gasteiger partial charge in [0.1, 0.15) is 0 Å². The molecule has 0 spiro atoms. The first kappa shape index (κ1) is 14.9. The predicted octanol–water partition coefficient (Wildman–Crippen LogP) is 1.09. The molecular weight excluding hydrogens is 244 g/mol. The molecule has 0 fully saturated rings. The van der Waals surface area contributed by atoms with Gasteiger partial charge < -0.3 is 10.8 Å². The van der Waals surface area contributed by atoms with Crippen LogP contribution in [0.25, 0.3) is 6.08 Å². The monoisotopic (exact) mass is 262 g/mol. The number of carboxylic acids is 1. The van der Waals surface area contributed by atoms with Crippen LogP contribution >= 0.6 is 0 Å². The summed E-state index contributed by atoms with van der Waals surface area (Å²) in [5.41, 5.74) is 6.97. The Labute approximate surface area is 112 Å². The summed E-state index contributed by atoms with van der Waals surface area (Å²) in [5.74, 6) is -1.36. The fourth-order valence-electron chi connectivity index (χ4n) is 1.74. The Bertz CT molecular complexity index is 483. The topological polar surface area (TPSA) is 83.6 Å². The highest BCUT2D eigenvalue weighted by atomic mass is 16.4. The van der Waals surface area contributed by atoms with Gasteiger partial charge in [-0.3, -0.25) is 9.69 Å². The van der Waals surface area contributed by atoms with Crippen LogP contribution in [-0.4, -0.2) is 35.0 Å². The van der Waals surface area contributed by atoms with E-state index >= 15 is 0 Å². The molecule has 0 saturated carbocycles. The van der Waals surface area contributed by atoms with E-state index in [1.807, 2.05) is 36.1 Å². The molecule has 0 unspecified atom stereocenters. The van der Waals surface area contributed by atoms with Gasteiger partial charge in [0, 0.05) is 12.6 Å². The van der Waals surface area contributed by atoms with Crippen LogP contribution in [0.2, 0.25) is 0 Å². The van der Waals surface area contributed by atoms with Crippen LogP contribution < -0.4 is 5.73 Å². The maximum absolute atomic E-state index is 10.9. The van der Waals surface area contributed by atoms with Crippen molar-refractivity contribution in [2.45, 2.75) is 13.5 Å². The molecule has 1 rings (SSSR count).